The van der Waals surface area contributed by atoms with E-state index in [1.807, 2.05) is 42.5 Å². The zero-order valence-corrected chi connectivity index (χ0v) is 19.6. The SMILES string of the molecule is CN1C(C)(C)CC(Nc2cc(-c3ccc(Cl)cc3)nc(-c3cccnc3)n2)CC1(C)C. The highest BCUT2D eigenvalue weighted by Gasteiger charge is 2.43. The highest BCUT2D eigenvalue weighted by atomic mass is 35.5. The van der Waals surface area contributed by atoms with Crippen LogP contribution in [0.3, 0.4) is 0 Å². The second-order valence-electron chi connectivity index (χ2n) is 9.64. The van der Waals surface area contributed by atoms with Crippen LogP contribution < -0.4 is 5.32 Å². The number of pyridine rings is 1. The lowest BCUT2D eigenvalue weighted by Gasteiger charge is -2.53. The number of nitrogens with one attached hydrogen (secondary N) is 1. The predicted octanol–water partition coefficient (Wildman–Crippen LogP) is 5.92. The molecule has 6 heteroatoms. The molecule has 1 fully saturated rings. The lowest BCUT2D eigenvalue weighted by Crippen LogP contribution is -2.61. The van der Waals surface area contributed by atoms with Crippen LogP contribution in [0.5, 0.6) is 0 Å². The van der Waals surface area contributed by atoms with Crippen LogP contribution in [0.2, 0.25) is 5.02 Å². The van der Waals surface area contributed by atoms with Crippen molar-refractivity contribution in [3.8, 4) is 22.6 Å². The van der Waals surface area contributed by atoms with Gasteiger partial charge < -0.3 is 5.32 Å². The van der Waals surface area contributed by atoms with Crippen molar-refractivity contribution in [2.75, 3.05) is 12.4 Å². The van der Waals surface area contributed by atoms with Gasteiger partial charge in [0, 0.05) is 51.7 Å². The Morgan fingerprint density at radius 1 is 0.968 bits per heavy atom. The Hall–Kier alpha value is -2.50. The topological polar surface area (TPSA) is 53.9 Å². The molecular weight excluding hydrogens is 406 g/mol. The Bertz CT molecular complexity index is 1030. The molecule has 1 aliphatic rings. The van der Waals surface area contributed by atoms with E-state index in [9.17, 15) is 0 Å². The average Bonchev–Trinajstić information content (AvgIpc) is 2.72. The molecule has 2 aromatic heterocycles. The molecule has 1 saturated heterocycles. The minimum Gasteiger partial charge on any atom is -0.367 e. The van der Waals surface area contributed by atoms with Gasteiger partial charge in [0.15, 0.2) is 5.82 Å². The zero-order chi connectivity index (χ0) is 22.2. The van der Waals surface area contributed by atoms with Crippen molar-refractivity contribution in [1.29, 1.82) is 0 Å². The van der Waals surface area contributed by atoms with E-state index in [4.69, 9.17) is 21.6 Å². The number of piperidine rings is 1. The Morgan fingerprint density at radius 2 is 1.65 bits per heavy atom. The molecule has 0 radical (unpaired) electrons. The summed E-state index contributed by atoms with van der Waals surface area (Å²) in [5.41, 5.74) is 2.95. The molecule has 5 nitrogen and oxygen atoms in total. The lowest BCUT2D eigenvalue weighted by molar-refractivity contribution is -0.00772. The van der Waals surface area contributed by atoms with Gasteiger partial charge in [-0.25, -0.2) is 9.97 Å². The first-order valence-electron chi connectivity index (χ1n) is 10.7. The quantitative estimate of drug-likeness (QED) is 0.551. The Balaban J connectivity index is 1.71. The molecule has 0 aliphatic carbocycles. The van der Waals surface area contributed by atoms with Gasteiger partial charge in [0.1, 0.15) is 5.82 Å². The van der Waals surface area contributed by atoms with Gasteiger partial charge in [0.25, 0.3) is 0 Å². The Kier molecular flexibility index (Phi) is 5.75. The number of hydrogen-bond donors (Lipinski definition) is 1. The molecule has 0 unspecified atom stereocenters. The molecule has 1 aromatic carbocycles. The molecular formula is C25H30ClN5. The van der Waals surface area contributed by atoms with Gasteiger partial charge in [-0.2, -0.15) is 0 Å². The third-order valence-corrected chi connectivity index (χ3v) is 6.70. The van der Waals surface area contributed by atoms with Gasteiger partial charge in [0.05, 0.1) is 5.69 Å². The summed E-state index contributed by atoms with van der Waals surface area (Å²) in [6, 6.07) is 14.0. The fourth-order valence-corrected chi connectivity index (χ4v) is 4.72. The van der Waals surface area contributed by atoms with Gasteiger partial charge in [0.2, 0.25) is 0 Å². The van der Waals surface area contributed by atoms with Crippen LogP contribution in [0.15, 0.2) is 54.9 Å². The number of aromatic nitrogens is 3. The van der Waals surface area contributed by atoms with E-state index in [0.717, 1.165) is 35.5 Å². The van der Waals surface area contributed by atoms with E-state index in [1.54, 1.807) is 12.4 Å². The predicted molar refractivity (Wildman–Crippen MR) is 128 cm³/mol. The Morgan fingerprint density at radius 3 is 2.26 bits per heavy atom. The summed E-state index contributed by atoms with van der Waals surface area (Å²) in [5, 5.41) is 4.43. The number of anilines is 1. The van der Waals surface area contributed by atoms with Crippen LogP contribution in [0.4, 0.5) is 5.82 Å². The first kappa shape index (κ1) is 21.7. The maximum atomic E-state index is 6.09. The molecule has 0 amide bonds. The second-order valence-corrected chi connectivity index (χ2v) is 10.1. The number of nitrogens with zero attached hydrogens (tertiary/aromatic N) is 4. The average molecular weight is 436 g/mol. The van der Waals surface area contributed by atoms with Crippen molar-refractivity contribution in [3.05, 3.63) is 59.9 Å². The maximum Gasteiger partial charge on any atom is 0.163 e. The van der Waals surface area contributed by atoms with Gasteiger partial charge >= 0.3 is 0 Å². The third kappa shape index (κ3) is 4.73. The van der Waals surface area contributed by atoms with E-state index in [2.05, 4.69) is 49.9 Å². The molecule has 0 spiro atoms. The summed E-state index contributed by atoms with van der Waals surface area (Å²) >= 11 is 6.09. The zero-order valence-electron chi connectivity index (χ0n) is 18.9. The summed E-state index contributed by atoms with van der Waals surface area (Å²) < 4.78 is 0. The number of hydrogen-bond acceptors (Lipinski definition) is 5. The standard InChI is InChI=1S/C25H30ClN5/c1-24(2)14-20(15-25(3,4)31(24)5)28-22-13-21(17-8-10-19(26)11-9-17)29-23(30-22)18-7-6-12-27-16-18/h6-13,16,20H,14-15H2,1-5H3,(H,28,29,30). The van der Waals surface area contributed by atoms with Crippen LogP contribution >= 0.6 is 11.6 Å². The molecule has 1 N–H and O–H groups in total. The van der Waals surface area contributed by atoms with Crippen molar-refractivity contribution >= 4 is 17.4 Å². The van der Waals surface area contributed by atoms with Crippen molar-refractivity contribution in [3.63, 3.8) is 0 Å². The molecule has 162 valence electrons. The number of likely N-dealkylation sites (tertiary alicyclic amines) is 1. The van der Waals surface area contributed by atoms with E-state index >= 15 is 0 Å². The number of rotatable bonds is 4. The van der Waals surface area contributed by atoms with E-state index in [1.165, 1.54) is 0 Å². The van der Waals surface area contributed by atoms with Gasteiger partial charge in [-0.15, -0.1) is 0 Å². The lowest BCUT2D eigenvalue weighted by atomic mass is 9.77. The fourth-order valence-electron chi connectivity index (χ4n) is 4.60. The minimum absolute atomic E-state index is 0.0949. The normalized spacial score (nSPS) is 18.6. The fraction of sp³-hybridized carbons (Fsp3) is 0.400. The molecule has 1 aliphatic heterocycles. The molecule has 3 heterocycles. The first-order valence-corrected chi connectivity index (χ1v) is 11.1. The Labute approximate surface area is 189 Å². The molecule has 0 atom stereocenters. The molecule has 0 saturated carbocycles. The number of benzene rings is 1. The van der Waals surface area contributed by atoms with Crippen LogP contribution in [-0.2, 0) is 0 Å². The van der Waals surface area contributed by atoms with E-state index in [0.29, 0.717) is 16.9 Å². The van der Waals surface area contributed by atoms with Crippen molar-refractivity contribution in [2.24, 2.45) is 0 Å². The van der Waals surface area contributed by atoms with Crippen molar-refractivity contribution < 1.29 is 0 Å². The monoisotopic (exact) mass is 435 g/mol. The minimum atomic E-state index is 0.0949. The van der Waals surface area contributed by atoms with Gasteiger partial charge in [-0.05, 0) is 71.8 Å². The highest BCUT2D eigenvalue weighted by Crippen LogP contribution is 2.38. The van der Waals surface area contributed by atoms with E-state index < -0.39 is 0 Å². The third-order valence-electron chi connectivity index (χ3n) is 6.45. The molecule has 0 bridgehead atoms. The molecule has 31 heavy (non-hydrogen) atoms. The van der Waals surface area contributed by atoms with Crippen molar-refractivity contribution in [1.82, 2.24) is 19.9 Å². The van der Waals surface area contributed by atoms with E-state index in [-0.39, 0.29) is 11.1 Å². The summed E-state index contributed by atoms with van der Waals surface area (Å²) in [6.45, 7) is 9.23. The highest BCUT2D eigenvalue weighted by molar-refractivity contribution is 6.30. The van der Waals surface area contributed by atoms with Gasteiger partial charge in [-0.1, -0.05) is 23.7 Å². The van der Waals surface area contributed by atoms with Crippen LogP contribution in [0, 0.1) is 0 Å². The summed E-state index contributed by atoms with van der Waals surface area (Å²) in [4.78, 5) is 16.4. The summed E-state index contributed by atoms with van der Waals surface area (Å²) in [5.74, 6) is 1.49. The number of halogens is 1. The van der Waals surface area contributed by atoms with Crippen LogP contribution in [0.1, 0.15) is 40.5 Å². The molecule has 3 aromatic rings. The summed E-state index contributed by atoms with van der Waals surface area (Å²) in [7, 11) is 2.22. The maximum absolute atomic E-state index is 6.09. The van der Waals surface area contributed by atoms with Crippen LogP contribution in [0.25, 0.3) is 22.6 Å². The van der Waals surface area contributed by atoms with Gasteiger partial charge in [-0.3, -0.25) is 9.88 Å². The second kappa shape index (κ2) is 8.21. The summed E-state index contributed by atoms with van der Waals surface area (Å²) in [6.07, 6.45) is 5.63. The first-order chi connectivity index (χ1) is 14.6. The van der Waals surface area contributed by atoms with Crippen molar-refractivity contribution in [2.45, 2.75) is 57.7 Å². The smallest absolute Gasteiger partial charge is 0.163 e. The molecule has 4 rings (SSSR count). The largest absolute Gasteiger partial charge is 0.367 e. The van der Waals surface area contributed by atoms with Crippen LogP contribution in [-0.4, -0.2) is 44.0 Å².